The van der Waals surface area contributed by atoms with Gasteiger partial charge in [-0.2, -0.15) is 13.2 Å². The molecule has 2 rings (SSSR count). The van der Waals surface area contributed by atoms with Crippen LogP contribution in [0.25, 0.3) is 0 Å². The molecule has 21 heavy (non-hydrogen) atoms. The molecule has 0 fully saturated rings. The number of amides is 1. The minimum absolute atomic E-state index is 0.0512. The molecule has 0 unspecified atom stereocenters. The molecule has 1 aromatic carbocycles. The highest BCUT2D eigenvalue weighted by Gasteiger charge is 2.33. The minimum Gasteiger partial charge on any atom is -0.397 e. The lowest BCUT2D eigenvalue weighted by Crippen LogP contribution is -2.16. The molecule has 0 radical (unpaired) electrons. The van der Waals surface area contributed by atoms with Gasteiger partial charge in [-0.15, -0.1) is 0 Å². The van der Waals surface area contributed by atoms with Crippen molar-refractivity contribution in [2.45, 2.75) is 6.18 Å². The lowest BCUT2D eigenvalue weighted by molar-refractivity contribution is -0.138. The summed E-state index contributed by atoms with van der Waals surface area (Å²) in [4.78, 5) is 12.0. The average Bonchev–Trinajstić information content (AvgIpc) is 2.69. The summed E-state index contributed by atoms with van der Waals surface area (Å²) in [6, 6.07) is 4.93. The van der Waals surface area contributed by atoms with Crippen LogP contribution in [0, 0.1) is 0 Å². The van der Waals surface area contributed by atoms with Gasteiger partial charge in [0.25, 0.3) is 5.91 Å². The summed E-state index contributed by atoms with van der Waals surface area (Å²) >= 11 is 2.84. The number of nitrogens with one attached hydrogen (secondary N) is 1. The quantitative estimate of drug-likeness (QED) is 0.857. The number of nitrogens with zero attached hydrogens (tertiary/aromatic N) is 1. The van der Waals surface area contributed by atoms with Crippen LogP contribution in [0.3, 0.4) is 0 Å². The van der Waals surface area contributed by atoms with Gasteiger partial charge in [-0.1, -0.05) is 15.9 Å². The molecule has 1 aromatic heterocycles. The number of carbonyl (C=O) groups excluding carboxylic acids is 1. The van der Waals surface area contributed by atoms with Gasteiger partial charge >= 0.3 is 6.18 Å². The zero-order valence-corrected chi connectivity index (χ0v) is 12.4. The molecule has 0 aliphatic heterocycles. The number of nitrogens with two attached hydrogens (primary N) is 1. The number of hydrogen-bond donors (Lipinski definition) is 2. The number of carbonyl (C=O) groups is 1. The van der Waals surface area contributed by atoms with Crippen molar-refractivity contribution < 1.29 is 18.0 Å². The number of nitrogen functional groups attached to an aromatic ring is 1. The molecular formula is C13H11BrF3N3O. The van der Waals surface area contributed by atoms with Crippen LogP contribution in [0.2, 0.25) is 0 Å². The molecule has 0 saturated heterocycles. The van der Waals surface area contributed by atoms with Gasteiger partial charge in [0.05, 0.1) is 11.3 Å². The van der Waals surface area contributed by atoms with Gasteiger partial charge in [0.2, 0.25) is 0 Å². The standard InChI is InChI=1S/C13H11BrF3N3O/c1-20-6-7(18)4-11(20)12(21)19-8-2-3-10(14)9(5-8)13(15,16)17/h2-6H,18H2,1H3,(H,19,21). The van der Waals surface area contributed by atoms with Crippen molar-refractivity contribution >= 4 is 33.2 Å². The van der Waals surface area contributed by atoms with Crippen LogP contribution in [-0.4, -0.2) is 10.5 Å². The zero-order valence-electron chi connectivity index (χ0n) is 10.8. The Morgan fingerprint density at radius 1 is 1.33 bits per heavy atom. The smallest absolute Gasteiger partial charge is 0.397 e. The second-order valence-electron chi connectivity index (χ2n) is 4.42. The Morgan fingerprint density at radius 3 is 2.52 bits per heavy atom. The summed E-state index contributed by atoms with van der Waals surface area (Å²) in [6.07, 6.45) is -2.97. The topological polar surface area (TPSA) is 60.0 Å². The summed E-state index contributed by atoms with van der Waals surface area (Å²) in [6.45, 7) is 0. The highest BCUT2D eigenvalue weighted by molar-refractivity contribution is 9.10. The number of benzene rings is 1. The van der Waals surface area contributed by atoms with Gasteiger partial charge in [-0.25, -0.2) is 0 Å². The molecule has 0 aliphatic rings. The maximum atomic E-state index is 12.8. The van der Waals surface area contributed by atoms with Gasteiger partial charge < -0.3 is 15.6 Å². The third kappa shape index (κ3) is 3.38. The summed E-state index contributed by atoms with van der Waals surface area (Å²) in [5, 5.41) is 2.42. The molecule has 1 heterocycles. The Balaban J connectivity index is 2.28. The largest absolute Gasteiger partial charge is 0.417 e. The number of aryl methyl sites for hydroxylation is 1. The van der Waals surface area contributed by atoms with E-state index in [-0.39, 0.29) is 15.9 Å². The second-order valence-corrected chi connectivity index (χ2v) is 5.27. The monoisotopic (exact) mass is 361 g/mol. The molecule has 0 aliphatic carbocycles. The van der Waals surface area contributed by atoms with E-state index in [0.29, 0.717) is 5.69 Å². The molecule has 112 valence electrons. The molecule has 0 spiro atoms. The SMILES string of the molecule is Cn1cc(N)cc1C(=O)Nc1ccc(Br)c(C(F)(F)F)c1. The Labute approximate surface area is 126 Å². The van der Waals surface area contributed by atoms with Gasteiger partial charge in [-0.3, -0.25) is 4.79 Å². The molecule has 1 amide bonds. The predicted molar refractivity (Wildman–Crippen MR) is 76.9 cm³/mol. The van der Waals surface area contributed by atoms with E-state index < -0.39 is 17.6 Å². The average molecular weight is 362 g/mol. The fourth-order valence-corrected chi connectivity index (χ4v) is 2.30. The number of rotatable bonds is 2. The summed E-state index contributed by atoms with van der Waals surface area (Å²) in [5.41, 5.74) is 5.40. The van der Waals surface area contributed by atoms with E-state index in [4.69, 9.17) is 5.73 Å². The van der Waals surface area contributed by atoms with Crippen molar-refractivity contribution in [2.24, 2.45) is 7.05 Å². The van der Waals surface area contributed by atoms with E-state index in [0.717, 1.165) is 6.07 Å². The van der Waals surface area contributed by atoms with E-state index in [1.165, 1.54) is 29.0 Å². The van der Waals surface area contributed by atoms with Gasteiger partial charge in [-0.05, 0) is 24.3 Å². The predicted octanol–water partition coefficient (Wildman–Crippen LogP) is 3.64. The molecule has 4 nitrogen and oxygen atoms in total. The Hall–Kier alpha value is -1.96. The molecule has 2 aromatic rings. The normalized spacial score (nSPS) is 11.5. The van der Waals surface area contributed by atoms with Crippen molar-refractivity contribution in [3.8, 4) is 0 Å². The van der Waals surface area contributed by atoms with Crippen LogP contribution in [0.5, 0.6) is 0 Å². The van der Waals surface area contributed by atoms with E-state index in [9.17, 15) is 18.0 Å². The van der Waals surface area contributed by atoms with Gasteiger partial charge in [0.1, 0.15) is 5.69 Å². The maximum Gasteiger partial charge on any atom is 0.417 e. The van der Waals surface area contributed by atoms with Crippen LogP contribution >= 0.6 is 15.9 Å². The Bertz CT molecular complexity index is 694. The van der Waals surface area contributed by atoms with E-state index >= 15 is 0 Å². The van der Waals surface area contributed by atoms with E-state index in [1.54, 1.807) is 7.05 Å². The summed E-state index contributed by atoms with van der Waals surface area (Å²) in [7, 11) is 1.62. The first kappa shape index (κ1) is 15.4. The Morgan fingerprint density at radius 2 is 2.00 bits per heavy atom. The van der Waals surface area contributed by atoms with Crippen molar-refractivity contribution in [2.75, 3.05) is 11.1 Å². The van der Waals surface area contributed by atoms with E-state index in [1.807, 2.05) is 0 Å². The zero-order chi connectivity index (χ0) is 15.8. The first-order valence-electron chi connectivity index (χ1n) is 5.78. The lowest BCUT2D eigenvalue weighted by atomic mass is 10.2. The van der Waals surface area contributed by atoms with E-state index in [2.05, 4.69) is 21.2 Å². The van der Waals surface area contributed by atoms with Crippen molar-refractivity contribution in [1.82, 2.24) is 4.57 Å². The fraction of sp³-hybridized carbons (Fsp3) is 0.154. The van der Waals surface area contributed by atoms with Crippen LogP contribution in [0.4, 0.5) is 24.5 Å². The molecule has 0 bridgehead atoms. The maximum absolute atomic E-state index is 12.8. The molecule has 0 atom stereocenters. The third-order valence-electron chi connectivity index (χ3n) is 2.79. The number of aromatic nitrogens is 1. The van der Waals surface area contributed by atoms with Crippen molar-refractivity contribution in [1.29, 1.82) is 0 Å². The lowest BCUT2D eigenvalue weighted by Gasteiger charge is -2.12. The number of alkyl halides is 3. The Kier molecular flexibility index (Phi) is 3.99. The fourth-order valence-electron chi connectivity index (χ4n) is 1.83. The van der Waals surface area contributed by atoms with Crippen LogP contribution in [0.15, 0.2) is 34.9 Å². The third-order valence-corrected chi connectivity index (χ3v) is 3.48. The van der Waals surface area contributed by atoms with Gasteiger partial charge in [0, 0.05) is 23.4 Å². The number of anilines is 2. The molecule has 8 heteroatoms. The summed E-state index contributed by atoms with van der Waals surface area (Å²) in [5.74, 6) is -0.537. The van der Waals surface area contributed by atoms with Crippen LogP contribution in [0.1, 0.15) is 16.1 Å². The second kappa shape index (κ2) is 5.44. The highest BCUT2D eigenvalue weighted by Crippen LogP contribution is 2.36. The first-order valence-corrected chi connectivity index (χ1v) is 6.57. The number of hydrogen-bond acceptors (Lipinski definition) is 2. The molecular weight excluding hydrogens is 351 g/mol. The highest BCUT2D eigenvalue weighted by atomic mass is 79.9. The van der Waals surface area contributed by atoms with Crippen LogP contribution < -0.4 is 11.1 Å². The minimum atomic E-state index is -4.50. The van der Waals surface area contributed by atoms with Gasteiger partial charge in [0.15, 0.2) is 0 Å². The first-order chi connectivity index (χ1) is 9.68. The molecule has 0 saturated carbocycles. The van der Waals surface area contributed by atoms with Crippen LogP contribution in [-0.2, 0) is 13.2 Å². The number of halogens is 4. The summed E-state index contributed by atoms with van der Waals surface area (Å²) < 4.78 is 39.8. The molecule has 3 N–H and O–H groups in total. The van der Waals surface area contributed by atoms with Crippen molar-refractivity contribution in [3.63, 3.8) is 0 Å². The van der Waals surface area contributed by atoms with Crippen molar-refractivity contribution in [3.05, 3.63) is 46.2 Å².